The maximum atomic E-state index is 5.45. The molecule has 0 aliphatic rings. The minimum atomic E-state index is 0.790. The summed E-state index contributed by atoms with van der Waals surface area (Å²) in [6.45, 7) is 2.29. The zero-order valence-corrected chi connectivity index (χ0v) is 14.1. The highest BCUT2D eigenvalue weighted by molar-refractivity contribution is 7.99. The van der Waals surface area contributed by atoms with Crippen LogP contribution >= 0.6 is 11.8 Å². The van der Waals surface area contributed by atoms with Gasteiger partial charge >= 0.3 is 0 Å². The molecule has 0 spiro atoms. The van der Waals surface area contributed by atoms with E-state index in [0.29, 0.717) is 0 Å². The first-order chi connectivity index (χ1) is 9.41. The van der Waals surface area contributed by atoms with Gasteiger partial charge in [-0.1, -0.05) is 90.4 Å². The molecule has 0 rings (SSSR count). The highest BCUT2D eigenvalue weighted by Gasteiger charge is 1.94. The second-order valence-corrected chi connectivity index (χ2v) is 6.82. The van der Waals surface area contributed by atoms with Gasteiger partial charge < -0.3 is 5.73 Å². The summed E-state index contributed by atoms with van der Waals surface area (Å²) in [5.41, 5.74) is 5.45. The van der Waals surface area contributed by atoms with Crippen LogP contribution < -0.4 is 5.73 Å². The van der Waals surface area contributed by atoms with Crippen LogP contribution in [0.3, 0.4) is 0 Å². The van der Waals surface area contributed by atoms with Crippen molar-refractivity contribution in [3.05, 3.63) is 0 Å². The summed E-state index contributed by atoms with van der Waals surface area (Å²) in [5.74, 6) is 2.05. The first-order valence-electron chi connectivity index (χ1n) is 8.69. The summed E-state index contributed by atoms with van der Waals surface area (Å²) in [4.78, 5) is 0. The van der Waals surface area contributed by atoms with Crippen molar-refractivity contribution >= 4 is 11.8 Å². The highest BCUT2D eigenvalue weighted by atomic mass is 32.2. The lowest BCUT2D eigenvalue weighted by molar-refractivity contribution is 0.538. The summed E-state index contributed by atoms with van der Waals surface area (Å²) < 4.78 is 0. The van der Waals surface area contributed by atoms with Gasteiger partial charge in [0.2, 0.25) is 0 Å². The lowest BCUT2D eigenvalue weighted by atomic mass is 10.0. The summed E-state index contributed by atoms with van der Waals surface area (Å²) >= 11 is 1.87. The Morgan fingerprint density at radius 1 is 0.579 bits per heavy atom. The van der Waals surface area contributed by atoms with Crippen LogP contribution in [0, 0.1) is 0 Å². The molecule has 0 aromatic rings. The Morgan fingerprint density at radius 3 is 1.32 bits per heavy atom. The molecule has 1 nitrogen and oxygen atoms in total. The molecule has 0 unspecified atom stereocenters. The fourth-order valence-electron chi connectivity index (χ4n) is 2.48. The predicted octanol–water partition coefficient (Wildman–Crippen LogP) is 6.12. The maximum Gasteiger partial charge on any atom is 0.0392 e. The Labute approximate surface area is 126 Å². The minimum Gasteiger partial charge on any atom is -0.322 e. The molecule has 0 radical (unpaired) electrons. The highest BCUT2D eigenvalue weighted by Crippen LogP contribution is 2.13. The first-order valence-corrected chi connectivity index (χ1v) is 9.85. The molecule has 0 fully saturated rings. The minimum absolute atomic E-state index is 0.790. The predicted molar refractivity (Wildman–Crippen MR) is 91.8 cm³/mol. The van der Waals surface area contributed by atoms with Crippen LogP contribution in [0.2, 0.25) is 0 Å². The number of nitrogens with two attached hydrogens (primary N) is 1. The van der Waals surface area contributed by atoms with Gasteiger partial charge in [-0.15, -0.1) is 11.8 Å². The van der Waals surface area contributed by atoms with Gasteiger partial charge in [-0.25, -0.2) is 0 Å². The molecule has 0 saturated carbocycles. The molecule has 2 N–H and O–H groups in total. The summed E-state index contributed by atoms with van der Waals surface area (Å²) in [7, 11) is 0. The van der Waals surface area contributed by atoms with Gasteiger partial charge in [0.25, 0.3) is 0 Å². The van der Waals surface area contributed by atoms with Gasteiger partial charge in [0.1, 0.15) is 0 Å². The van der Waals surface area contributed by atoms with Crippen molar-refractivity contribution in [1.29, 1.82) is 0 Å². The van der Waals surface area contributed by atoms with Crippen molar-refractivity contribution in [2.45, 2.75) is 96.8 Å². The summed E-state index contributed by atoms with van der Waals surface area (Å²) in [6, 6.07) is 0. The Balaban J connectivity index is 2.88. The normalized spacial score (nSPS) is 11.1. The van der Waals surface area contributed by atoms with Gasteiger partial charge in [0, 0.05) is 5.88 Å². The molecule has 0 aromatic carbocycles. The van der Waals surface area contributed by atoms with Crippen molar-refractivity contribution in [1.82, 2.24) is 0 Å². The molecule has 0 bridgehead atoms. The van der Waals surface area contributed by atoms with Crippen molar-refractivity contribution in [3.63, 3.8) is 0 Å². The molecule has 0 aliphatic heterocycles. The van der Waals surface area contributed by atoms with Gasteiger partial charge in [-0.2, -0.15) is 0 Å². The van der Waals surface area contributed by atoms with Crippen molar-refractivity contribution in [3.8, 4) is 0 Å². The average molecular weight is 288 g/mol. The van der Waals surface area contributed by atoms with Gasteiger partial charge in [0.15, 0.2) is 0 Å². The fraction of sp³-hybridized carbons (Fsp3) is 1.00. The molecule has 0 amide bonds. The second kappa shape index (κ2) is 18.3. The first kappa shape index (κ1) is 19.3. The van der Waals surface area contributed by atoms with Gasteiger partial charge in [-0.3, -0.25) is 0 Å². The third-order valence-electron chi connectivity index (χ3n) is 3.76. The van der Waals surface area contributed by atoms with E-state index in [0.717, 1.165) is 5.88 Å². The molecular formula is C17H37NS. The van der Waals surface area contributed by atoms with E-state index in [9.17, 15) is 0 Å². The lowest BCUT2D eigenvalue weighted by Gasteiger charge is -2.03. The van der Waals surface area contributed by atoms with E-state index < -0.39 is 0 Å². The van der Waals surface area contributed by atoms with Crippen molar-refractivity contribution in [2.75, 3.05) is 11.6 Å². The fourth-order valence-corrected chi connectivity index (χ4v) is 3.06. The quantitative estimate of drug-likeness (QED) is 0.273. The molecule has 19 heavy (non-hydrogen) atoms. The topological polar surface area (TPSA) is 26.0 Å². The van der Waals surface area contributed by atoms with E-state index in [4.69, 9.17) is 5.73 Å². The van der Waals surface area contributed by atoms with E-state index in [2.05, 4.69) is 6.92 Å². The molecular weight excluding hydrogens is 250 g/mol. The number of rotatable bonds is 16. The lowest BCUT2D eigenvalue weighted by Crippen LogP contribution is -1.93. The third kappa shape index (κ3) is 18.3. The Hall–Kier alpha value is 0.310. The average Bonchev–Trinajstić information content (AvgIpc) is 2.43. The Bertz CT molecular complexity index is 134. The van der Waals surface area contributed by atoms with Crippen molar-refractivity contribution in [2.24, 2.45) is 5.73 Å². The maximum absolute atomic E-state index is 5.45. The molecule has 0 atom stereocenters. The van der Waals surface area contributed by atoms with E-state index >= 15 is 0 Å². The SMILES string of the molecule is CCCCCCCCCCCCCCCCSCN. The second-order valence-electron chi connectivity index (χ2n) is 5.67. The van der Waals surface area contributed by atoms with E-state index in [1.165, 1.54) is 95.6 Å². The van der Waals surface area contributed by atoms with Gasteiger partial charge in [0.05, 0.1) is 0 Å². The molecule has 2 heteroatoms. The molecule has 0 aromatic heterocycles. The Morgan fingerprint density at radius 2 is 0.947 bits per heavy atom. The van der Waals surface area contributed by atoms with Crippen molar-refractivity contribution < 1.29 is 0 Å². The molecule has 116 valence electrons. The van der Waals surface area contributed by atoms with Crippen LogP contribution in [-0.4, -0.2) is 11.6 Å². The number of unbranched alkanes of at least 4 members (excludes halogenated alkanes) is 13. The van der Waals surface area contributed by atoms with Crippen LogP contribution in [0.1, 0.15) is 96.8 Å². The zero-order valence-electron chi connectivity index (χ0n) is 13.3. The summed E-state index contributed by atoms with van der Waals surface area (Å²) in [5, 5.41) is 0. The molecule has 0 saturated heterocycles. The van der Waals surface area contributed by atoms with Gasteiger partial charge in [-0.05, 0) is 12.2 Å². The van der Waals surface area contributed by atoms with Crippen LogP contribution in [0.25, 0.3) is 0 Å². The standard InChI is InChI=1S/C17H37NS/c1-2-3-4-5-6-7-8-9-10-11-12-13-14-15-16-19-17-18/h2-18H2,1H3. The number of hydrogen-bond acceptors (Lipinski definition) is 2. The molecule has 0 heterocycles. The number of hydrogen-bond donors (Lipinski definition) is 1. The van der Waals surface area contributed by atoms with Crippen LogP contribution in [0.5, 0.6) is 0 Å². The Kier molecular flexibility index (Phi) is 18.6. The third-order valence-corrected chi connectivity index (χ3v) is 4.57. The molecule has 0 aliphatic carbocycles. The summed E-state index contributed by atoms with van der Waals surface area (Å²) in [6.07, 6.45) is 20.2. The van der Waals surface area contributed by atoms with Crippen LogP contribution in [0.4, 0.5) is 0 Å². The largest absolute Gasteiger partial charge is 0.322 e. The zero-order chi connectivity index (χ0) is 14.0. The van der Waals surface area contributed by atoms with Crippen LogP contribution in [0.15, 0.2) is 0 Å². The monoisotopic (exact) mass is 287 g/mol. The van der Waals surface area contributed by atoms with E-state index in [1.54, 1.807) is 0 Å². The smallest absolute Gasteiger partial charge is 0.0392 e. The number of thioether (sulfide) groups is 1. The van der Waals surface area contributed by atoms with Crippen LogP contribution in [-0.2, 0) is 0 Å². The van der Waals surface area contributed by atoms with E-state index in [-0.39, 0.29) is 0 Å². The van der Waals surface area contributed by atoms with E-state index in [1.807, 2.05) is 11.8 Å².